The van der Waals surface area contributed by atoms with Gasteiger partial charge in [0, 0.05) is 25.2 Å². The molecule has 0 bridgehead atoms. The molecule has 0 unspecified atom stereocenters. The molecule has 0 radical (unpaired) electrons. The van der Waals surface area contributed by atoms with Gasteiger partial charge in [0.05, 0.1) is 23.0 Å². The Hall–Kier alpha value is -2.52. The number of nitrogens with one attached hydrogen (secondary N) is 1. The number of carboxylic acid groups (broad SMARTS) is 1. The van der Waals surface area contributed by atoms with E-state index in [1.807, 2.05) is 25.1 Å². The van der Waals surface area contributed by atoms with E-state index in [0.29, 0.717) is 12.1 Å². The molecule has 0 amide bonds. The van der Waals surface area contributed by atoms with Crippen molar-refractivity contribution in [2.45, 2.75) is 26.3 Å². The average molecular weight is 312 g/mol. The first-order valence-electron chi connectivity index (χ1n) is 7.90. The predicted octanol–water partition coefficient (Wildman–Crippen LogP) is 1.88. The number of fused-ring (bicyclic) bond motifs is 1. The topological polar surface area (TPSA) is 79.6 Å². The maximum absolute atomic E-state index is 11.6. The summed E-state index contributed by atoms with van der Waals surface area (Å²) in [6, 6.07) is 7.18. The first kappa shape index (κ1) is 15.4. The monoisotopic (exact) mass is 312 g/mol. The Balaban J connectivity index is 2.18. The number of hydrogen-bond donors (Lipinski definition) is 2. The summed E-state index contributed by atoms with van der Waals surface area (Å²) in [5, 5.41) is 21.7. The summed E-state index contributed by atoms with van der Waals surface area (Å²) in [6.45, 7) is 6.25. The minimum absolute atomic E-state index is 0.615. The lowest BCUT2D eigenvalue weighted by atomic mass is 10.1. The lowest BCUT2D eigenvalue weighted by molar-refractivity contribution is -0.138. The Kier molecular flexibility index (Phi) is 3.97. The van der Waals surface area contributed by atoms with Crippen molar-refractivity contribution in [2.75, 3.05) is 29.4 Å². The van der Waals surface area contributed by atoms with Crippen molar-refractivity contribution in [1.82, 2.24) is 5.32 Å². The summed E-state index contributed by atoms with van der Waals surface area (Å²) >= 11 is 0. The number of nitrogens with zero attached hydrogens (tertiary/aromatic N) is 3. The zero-order valence-electron chi connectivity index (χ0n) is 13.3. The Morgan fingerprint density at radius 3 is 2.65 bits per heavy atom. The fraction of sp³-hybridized carbons (Fsp3) is 0.412. The number of aliphatic carboxylic acids is 1. The summed E-state index contributed by atoms with van der Waals surface area (Å²) in [7, 11) is 0. The fourth-order valence-corrected chi connectivity index (χ4v) is 3.49. The van der Waals surface area contributed by atoms with Crippen molar-refractivity contribution in [3.63, 3.8) is 0 Å². The molecule has 3 rings (SSSR count). The van der Waals surface area contributed by atoms with Crippen LogP contribution in [-0.2, 0) is 4.79 Å². The van der Waals surface area contributed by atoms with Crippen LogP contribution in [-0.4, -0.2) is 36.8 Å². The van der Waals surface area contributed by atoms with E-state index in [1.54, 1.807) is 0 Å². The highest BCUT2D eigenvalue weighted by molar-refractivity contribution is 5.86. The molecule has 1 atom stereocenters. The molecule has 120 valence electrons. The van der Waals surface area contributed by atoms with Gasteiger partial charge in [-0.25, -0.2) is 0 Å². The molecule has 2 N–H and O–H groups in total. The van der Waals surface area contributed by atoms with Crippen molar-refractivity contribution in [3.8, 4) is 6.07 Å². The Bertz CT molecular complexity index is 720. The van der Waals surface area contributed by atoms with E-state index in [2.05, 4.69) is 28.1 Å². The largest absolute Gasteiger partial charge is 0.480 e. The first-order chi connectivity index (χ1) is 11.1. The second-order valence-corrected chi connectivity index (χ2v) is 5.63. The second kappa shape index (κ2) is 5.94. The number of benzene rings is 1. The van der Waals surface area contributed by atoms with Crippen LogP contribution in [0.5, 0.6) is 0 Å². The molecule has 0 aromatic heterocycles. The minimum atomic E-state index is -0.842. The third kappa shape index (κ3) is 2.34. The summed E-state index contributed by atoms with van der Waals surface area (Å²) in [4.78, 5) is 15.8. The zero-order chi connectivity index (χ0) is 16.6. The third-order valence-electron chi connectivity index (χ3n) is 4.46. The quantitative estimate of drug-likeness (QED) is 0.887. The molecule has 1 aromatic rings. The van der Waals surface area contributed by atoms with Crippen molar-refractivity contribution < 1.29 is 9.90 Å². The van der Waals surface area contributed by atoms with Gasteiger partial charge in [-0.05, 0) is 38.5 Å². The normalized spacial score (nSPS) is 23.1. The first-order valence-corrected chi connectivity index (χ1v) is 7.90. The average Bonchev–Trinajstić information content (AvgIpc) is 3.15. The number of carboxylic acids is 1. The second-order valence-electron chi connectivity index (χ2n) is 5.63. The molecule has 1 aromatic carbocycles. The van der Waals surface area contributed by atoms with E-state index in [4.69, 9.17) is 5.26 Å². The molecule has 0 saturated carbocycles. The van der Waals surface area contributed by atoms with Gasteiger partial charge in [0.15, 0.2) is 0 Å². The third-order valence-corrected chi connectivity index (χ3v) is 4.46. The predicted molar refractivity (Wildman–Crippen MR) is 88.3 cm³/mol. The van der Waals surface area contributed by atoms with Crippen LogP contribution in [0.4, 0.5) is 11.4 Å². The molecule has 1 saturated heterocycles. The zero-order valence-corrected chi connectivity index (χ0v) is 13.3. The van der Waals surface area contributed by atoms with Gasteiger partial charge in [-0.2, -0.15) is 5.26 Å². The highest BCUT2D eigenvalue weighted by atomic mass is 16.4. The smallest absolute Gasteiger partial charge is 0.325 e. The summed E-state index contributed by atoms with van der Waals surface area (Å²) in [6.07, 6.45) is 0.721. The molecule has 6 nitrogen and oxygen atoms in total. The molecule has 0 spiro atoms. The number of anilines is 2. The Labute approximate surface area is 135 Å². The molecular weight excluding hydrogens is 292 g/mol. The molecular formula is C17H20N4O2. The summed E-state index contributed by atoms with van der Waals surface area (Å²) in [5.74, 6) is 0.114. The van der Waals surface area contributed by atoms with Gasteiger partial charge >= 0.3 is 5.97 Å². The number of carbonyl (C=O) groups is 1. The molecule has 2 heterocycles. The van der Waals surface area contributed by atoms with Gasteiger partial charge in [0.2, 0.25) is 0 Å². The maximum atomic E-state index is 11.6. The van der Waals surface area contributed by atoms with Gasteiger partial charge in [-0.15, -0.1) is 0 Å². The van der Waals surface area contributed by atoms with Crippen molar-refractivity contribution in [1.29, 1.82) is 5.26 Å². The number of hydrogen-bond acceptors (Lipinski definition) is 5. The van der Waals surface area contributed by atoms with Gasteiger partial charge in [0.1, 0.15) is 11.9 Å². The van der Waals surface area contributed by atoms with E-state index in [9.17, 15) is 9.90 Å². The van der Waals surface area contributed by atoms with E-state index in [1.165, 1.54) is 0 Å². The van der Waals surface area contributed by atoms with Crippen LogP contribution in [0, 0.1) is 11.3 Å². The van der Waals surface area contributed by atoms with E-state index in [-0.39, 0.29) is 0 Å². The minimum Gasteiger partial charge on any atom is -0.480 e. The molecule has 2 aliphatic rings. The van der Waals surface area contributed by atoms with Gasteiger partial charge in [-0.1, -0.05) is 0 Å². The van der Waals surface area contributed by atoms with Crippen LogP contribution < -0.4 is 15.1 Å². The van der Waals surface area contributed by atoms with E-state index in [0.717, 1.165) is 42.3 Å². The molecule has 0 aliphatic carbocycles. The van der Waals surface area contributed by atoms with Crippen molar-refractivity contribution in [3.05, 3.63) is 35.2 Å². The molecule has 23 heavy (non-hydrogen) atoms. The van der Waals surface area contributed by atoms with Crippen LogP contribution in [0.15, 0.2) is 29.6 Å². The van der Waals surface area contributed by atoms with Crippen LogP contribution >= 0.6 is 0 Å². The standard InChI is InChI=1S/C17H20N4O2/c1-3-20-13-6-5-11(10-18)9-14(13)21(4-2)16(20)12-7-8-19-15(12)17(22)23/h5-6,9,15,19H,3-4,7-8H2,1-2H3,(H,22,23)/t15-/m0/s1. The Morgan fingerprint density at radius 2 is 2.04 bits per heavy atom. The van der Waals surface area contributed by atoms with Crippen molar-refractivity contribution in [2.24, 2.45) is 0 Å². The number of rotatable bonds is 3. The summed E-state index contributed by atoms with van der Waals surface area (Å²) in [5.41, 5.74) is 3.54. The van der Waals surface area contributed by atoms with Crippen LogP contribution in [0.2, 0.25) is 0 Å². The van der Waals surface area contributed by atoms with Gasteiger partial charge < -0.3 is 20.2 Å². The van der Waals surface area contributed by atoms with Crippen LogP contribution in [0.1, 0.15) is 25.8 Å². The van der Waals surface area contributed by atoms with Crippen LogP contribution in [0.3, 0.4) is 0 Å². The molecule has 1 fully saturated rings. The van der Waals surface area contributed by atoms with Crippen molar-refractivity contribution >= 4 is 17.3 Å². The fourth-order valence-electron chi connectivity index (χ4n) is 3.49. The van der Waals surface area contributed by atoms with Gasteiger partial charge in [-0.3, -0.25) is 4.79 Å². The highest BCUT2D eigenvalue weighted by Gasteiger charge is 2.38. The lowest BCUT2D eigenvalue weighted by Gasteiger charge is -2.27. The number of nitriles is 1. The SMILES string of the molecule is CCN1C(=C2CCN[C@@H]2C(=O)O)N(CC)c2cc(C#N)ccc21. The highest BCUT2D eigenvalue weighted by Crippen LogP contribution is 2.44. The molecule has 2 aliphatic heterocycles. The van der Waals surface area contributed by atoms with E-state index >= 15 is 0 Å². The maximum Gasteiger partial charge on any atom is 0.325 e. The lowest BCUT2D eigenvalue weighted by Crippen LogP contribution is -2.37. The molecule has 6 heteroatoms. The summed E-state index contributed by atoms with van der Waals surface area (Å²) < 4.78 is 0. The van der Waals surface area contributed by atoms with E-state index < -0.39 is 12.0 Å². The van der Waals surface area contributed by atoms with Crippen LogP contribution in [0.25, 0.3) is 0 Å². The Morgan fingerprint density at radius 1 is 1.35 bits per heavy atom. The van der Waals surface area contributed by atoms with Gasteiger partial charge in [0.25, 0.3) is 0 Å².